The number of carboxylic acid groups (broad SMARTS) is 1. The van der Waals surface area contributed by atoms with E-state index < -0.39 is 5.97 Å². The smallest absolute Gasteiger partial charge is 0.335 e. The molecule has 1 aliphatic heterocycles. The SMILES string of the molecule is Cc1cc(CN2C(=O)CCc3cc(C(=O)O)ccc32)on1. The molecule has 0 radical (unpaired) electrons. The maximum atomic E-state index is 12.1. The largest absolute Gasteiger partial charge is 0.478 e. The van der Waals surface area contributed by atoms with Gasteiger partial charge in [-0.1, -0.05) is 5.16 Å². The van der Waals surface area contributed by atoms with E-state index in [0.29, 0.717) is 25.1 Å². The van der Waals surface area contributed by atoms with Gasteiger partial charge in [0, 0.05) is 18.2 Å². The maximum absolute atomic E-state index is 12.1. The van der Waals surface area contributed by atoms with Crippen LogP contribution in [0.1, 0.15) is 33.8 Å². The predicted molar refractivity (Wildman–Crippen MR) is 74.2 cm³/mol. The van der Waals surface area contributed by atoms with E-state index in [4.69, 9.17) is 9.63 Å². The van der Waals surface area contributed by atoms with Crippen molar-refractivity contribution < 1.29 is 19.2 Å². The van der Waals surface area contributed by atoms with E-state index in [1.54, 1.807) is 23.1 Å². The molecule has 0 aliphatic carbocycles. The number of rotatable bonds is 3. The first-order valence-electron chi connectivity index (χ1n) is 6.63. The normalized spacial score (nSPS) is 14.1. The third kappa shape index (κ3) is 2.52. The Labute approximate surface area is 121 Å². The Bertz CT molecular complexity index is 720. The van der Waals surface area contributed by atoms with Crippen LogP contribution in [0.2, 0.25) is 0 Å². The fraction of sp³-hybridized carbons (Fsp3) is 0.267. The zero-order chi connectivity index (χ0) is 15.0. The van der Waals surface area contributed by atoms with E-state index in [0.717, 1.165) is 16.9 Å². The van der Waals surface area contributed by atoms with Gasteiger partial charge in [0.1, 0.15) is 0 Å². The lowest BCUT2D eigenvalue weighted by atomic mass is 9.98. The molecule has 6 nitrogen and oxygen atoms in total. The summed E-state index contributed by atoms with van der Waals surface area (Å²) < 4.78 is 5.15. The molecule has 1 amide bonds. The highest BCUT2D eigenvalue weighted by Crippen LogP contribution is 2.30. The summed E-state index contributed by atoms with van der Waals surface area (Å²) in [5, 5.41) is 12.8. The van der Waals surface area contributed by atoms with Gasteiger partial charge in [0.15, 0.2) is 5.76 Å². The lowest BCUT2D eigenvalue weighted by Gasteiger charge is -2.28. The molecule has 0 atom stereocenters. The van der Waals surface area contributed by atoms with Crippen LogP contribution in [-0.4, -0.2) is 22.1 Å². The van der Waals surface area contributed by atoms with Crippen molar-refractivity contribution in [3.05, 3.63) is 46.8 Å². The lowest BCUT2D eigenvalue weighted by molar-refractivity contribution is -0.119. The van der Waals surface area contributed by atoms with E-state index >= 15 is 0 Å². The van der Waals surface area contributed by atoms with Crippen LogP contribution in [0.5, 0.6) is 0 Å². The topological polar surface area (TPSA) is 83.6 Å². The molecule has 1 aromatic carbocycles. The van der Waals surface area contributed by atoms with Crippen LogP contribution < -0.4 is 4.90 Å². The second kappa shape index (κ2) is 5.05. The average molecular weight is 286 g/mol. The van der Waals surface area contributed by atoms with E-state index in [9.17, 15) is 9.59 Å². The summed E-state index contributed by atoms with van der Waals surface area (Å²) in [5.74, 6) is -0.359. The molecule has 2 aromatic rings. The Balaban J connectivity index is 1.95. The summed E-state index contributed by atoms with van der Waals surface area (Å²) in [5.41, 5.74) is 2.60. The van der Waals surface area contributed by atoms with Crippen molar-refractivity contribution in [2.45, 2.75) is 26.3 Å². The first-order chi connectivity index (χ1) is 10.0. The molecule has 0 saturated carbocycles. The standard InChI is InChI=1S/C15H14N2O4/c1-9-6-12(21-16-9)8-17-13-4-2-11(15(19)20)7-10(13)3-5-14(17)18/h2,4,6-7H,3,5,8H2,1H3,(H,19,20). The van der Waals surface area contributed by atoms with Crippen LogP contribution in [0.4, 0.5) is 5.69 Å². The Hall–Kier alpha value is -2.63. The molecular weight excluding hydrogens is 272 g/mol. The zero-order valence-electron chi connectivity index (χ0n) is 11.5. The Morgan fingerprint density at radius 2 is 2.19 bits per heavy atom. The second-order valence-electron chi connectivity index (χ2n) is 5.06. The van der Waals surface area contributed by atoms with Crippen LogP contribution in [0, 0.1) is 6.92 Å². The average Bonchev–Trinajstić information content (AvgIpc) is 2.87. The van der Waals surface area contributed by atoms with Crippen LogP contribution in [0.25, 0.3) is 0 Å². The minimum absolute atomic E-state index is 0.000344. The summed E-state index contributed by atoms with van der Waals surface area (Å²) in [6.07, 6.45) is 0.921. The van der Waals surface area contributed by atoms with Gasteiger partial charge >= 0.3 is 5.97 Å². The first kappa shape index (κ1) is 13.4. The maximum Gasteiger partial charge on any atom is 0.335 e. The van der Waals surface area contributed by atoms with Gasteiger partial charge in [-0.3, -0.25) is 4.79 Å². The molecule has 108 valence electrons. The number of aromatic nitrogens is 1. The summed E-state index contributed by atoms with van der Waals surface area (Å²) in [4.78, 5) is 24.8. The number of amides is 1. The van der Waals surface area contributed by atoms with Gasteiger partial charge < -0.3 is 14.5 Å². The van der Waals surface area contributed by atoms with Crippen molar-refractivity contribution in [2.75, 3.05) is 4.90 Å². The minimum atomic E-state index is -0.966. The fourth-order valence-electron chi connectivity index (χ4n) is 2.51. The summed E-state index contributed by atoms with van der Waals surface area (Å²) in [7, 11) is 0. The number of benzene rings is 1. The summed E-state index contributed by atoms with van der Waals surface area (Å²) in [6, 6.07) is 6.60. The molecule has 1 aromatic heterocycles. The van der Waals surface area contributed by atoms with Crippen molar-refractivity contribution in [1.82, 2.24) is 5.16 Å². The summed E-state index contributed by atoms with van der Waals surface area (Å²) >= 11 is 0. The monoisotopic (exact) mass is 286 g/mol. The highest BCUT2D eigenvalue weighted by molar-refractivity contribution is 5.97. The van der Waals surface area contributed by atoms with E-state index in [-0.39, 0.29) is 11.5 Å². The van der Waals surface area contributed by atoms with Gasteiger partial charge in [-0.15, -0.1) is 0 Å². The van der Waals surface area contributed by atoms with E-state index in [2.05, 4.69) is 5.16 Å². The van der Waals surface area contributed by atoms with Crippen LogP contribution in [0.15, 0.2) is 28.8 Å². The van der Waals surface area contributed by atoms with E-state index in [1.165, 1.54) is 6.07 Å². The number of anilines is 1. The molecule has 0 unspecified atom stereocenters. The zero-order valence-corrected chi connectivity index (χ0v) is 11.5. The van der Waals surface area contributed by atoms with Crippen molar-refractivity contribution in [1.29, 1.82) is 0 Å². The van der Waals surface area contributed by atoms with Crippen LogP contribution >= 0.6 is 0 Å². The molecule has 0 saturated heterocycles. The molecule has 0 fully saturated rings. The molecule has 0 spiro atoms. The van der Waals surface area contributed by atoms with Gasteiger partial charge in [0.05, 0.1) is 17.8 Å². The highest BCUT2D eigenvalue weighted by Gasteiger charge is 2.26. The van der Waals surface area contributed by atoms with Gasteiger partial charge in [0.25, 0.3) is 0 Å². The van der Waals surface area contributed by atoms with Crippen molar-refractivity contribution in [3.8, 4) is 0 Å². The third-order valence-corrected chi connectivity index (χ3v) is 3.52. The number of aromatic carboxylic acids is 1. The van der Waals surface area contributed by atoms with Crippen molar-refractivity contribution >= 4 is 17.6 Å². The van der Waals surface area contributed by atoms with Crippen LogP contribution in [-0.2, 0) is 17.8 Å². The molecular formula is C15H14N2O4. The highest BCUT2D eigenvalue weighted by atomic mass is 16.5. The van der Waals surface area contributed by atoms with Crippen molar-refractivity contribution in [3.63, 3.8) is 0 Å². The number of fused-ring (bicyclic) bond motifs is 1. The van der Waals surface area contributed by atoms with Crippen LogP contribution in [0.3, 0.4) is 0 Å². The molecule has 1 aliphatic rings. The van der Waals surface area contributed by atoms with Gasteiger partial charge in [-0.05, 0) is 37.1 Å². The Kier molecular flexibility index (Phi) is 3.21. The number of hydrogen-bond donors (Lipinski definition) is 1. The first-order valence-corrected chi connectivity index (χ1v) is 6.63. The van der Waals surface area contributed by atoms with Gasteiger partial charge in [-0.25, -0.2) is 4.79 Å². The van der Waals surface area contributed by atoms with Gasteiger partial charge in [0.2, 0.25) is 5.91 Å². The van der Waals surface area contributed by atoms with E-state index in [1.807, 2.05) is 6.92 Å². The predicted octanol–water partition coefficient (Wildman–Crippen LogP) is 2.16. The molecule has 1 N–H and O–H groups in total. The number of carboxylic acids is 1. The molecule has 3 rings (SSSR count). The Morgan fingerprint density at radius 3 is 2.86 bits per heavy atom. The van der Waals surface area contributed by atoms with Crippen molar-refractivity contribution in [2.24, 2.45) is 0 Å². The Morgan fingerprint density at radius 1 is 1.38 bits per heavy atom. The lowest BCUT2D eigenvalue weighted by Crippen LogP contribution is -2.34. The minimum Gasteiger partial charge on any atom is -0.478 e. The molecule has 21 heavy (non-hydrogen) atoms. The fourth-order valence-corrected chi connectivity index (χ4v) is 2.51. The number of hydrogen-bond acceptors (Lipinski definition) is 4. The number of carbonyl (C=O) groups excluding carboxylic acids is 1. The quantitative estimate of drug-likeness (QED) is 0.934. The number of carbonyl (C=O) groups is 2. The number of nitrogens with zero attached hydrogens (tertiary/aromatic N) is 2. The third-order valence-electron chi connectivity index (χ3n) is 3.52. The molecule has 2 heterocycles. The number of aryl methyl sites for hydroxylation is 2. The summed E-state index contributed by atoms with van der Waals surface area (Å²) in [6.45, 7) is 2.12. The van der Waals surface area contributed by atoms with Gasteiger partial charge in [-0.2, -0.15) is 0 Å². The molecule has 0 bridgehead atoms. The molecule has 6 heteroatoms. The second-order valence-corrected chi connectivity index (χ2v) is 5.06.